The summed E-state index contributed by atoms with van der Waals surface area (Å²) in [5, 5.41) is 11.0. The van der Waals surface area contributed by atoms with E-state index in [1.54, 1.807) is 17.0 Å². The van der Waals surface area contributed by atoms with E-state index in [4.69, 9.17) is 0 Å². The highest BCUT2D eigenvalue weighted by atomic mass is 16.6. The Balaban J connectivity index is 1.68. The highest BCUT2D eigenvalue weighted by Gasteiger charge is 2.27. The first-order chi connectivity index (χ1) is 12.4. The summed E-state index contributed by atoms with van der Waals surface area (Å²) in [5.41, 5.74) is 4.25. The highest BCUT2D eigenvalue weighted by molar-refractivity contribution is 6.01. The molecular weight excluding hydrogens is 332 g/mol. The molecular formula is C20H20N2O4. The number of amides is 1. The van der Waals surface area contributed by atoms with Gasteiger partial charge in [0.2, 0.25) is 5.91 Å². The molecule has 0 bridgehead atoms. The lowest BCUT2D eigenvalue weighted by molar-refractivity contribution is -0.384. The summed E-state index contributed by atoms with van der Waals surface area (Å²) in [7, 11) is 0. The monoisotopic (exact) mass is 352 g/mol. The number of hydrogen-bond acceptors (Lipinski definition) is 4. The molecule has 0 aliphatic carbocycles. The van der Waals surface area contributed by atoms with Crippen molar-refractivity contribution >= 4 is 23.1 Å². The maximum absolute atomic E-state index is 12.5. The molecule has 0 fully saturated rings. The van der Waals surface area contributed by atoms with Crippen LogP contribution in [0.2, 0.25) is 0 Å². The van der Waals surface area contributed by atoms with Crippen molar-refractivity contribution in [2.24, 2.45) is 0 Å². The second-order valence-electron chi connectivity index (χ2n) is 6.59. The maximum atomic E-state index is 12.5. The van der Waals surface area contributed by atoms with Gasteiger partial charge < -0.3 is 4.90 Å². The smallest absolute Gasteiger partial charge is 0.271 e. The molecule has 0 saturated heterocycles. The molecule has 134 valence electrons. The number of rotatable bonds is 5. The van der Waals surface area contributed by atoms with E-state index < -0.39 is 4.92 Å². The molecule has 2 aromatic carbocycles. The van der Waals surface area contributed by atoms with Crippen LogP contribution < -0.4 is 4.90 Å². The van der Waals surface area contributed by atoms with Gasteiger partial charge in [-0.15, -0.1) is 0 Å². The van der Waals surface area contributed by atoms with E-state index in [1.165, 1.54) is 12.1 Å². The van der Waals surface area contributed by atoms with Crippen LogP contribution >= 0.6 is 0 Å². The summed E-state index contributed by atoms with van der Waals surface area (Å²) in [6, 6.07) is 10.1. The van der Waals surface area contributed by atoms with Gasteiger partial charge in [-0.05, 0) is 43.0 Å². The van der Waals surface area contributed by atoms with Gasteiger partial charge in [0, 0.05) is 37.1 Å². The Kier molecular flexibility index (Phi) is 4.84. The molecule has 1 heterocycles. The molecule has 1 aliphatic heterocycles. The van der Waals surface area contributed by atoms with Crippen molar-refractivity contribution in [2.75, 3.05) is 11.4 Å². The number of aryl methyl sites for hydroxylation is 2. The van der Waals surface area contributed by atoms with Crippen LogP contribution in [-0.4, -0.2) is 23.2 Å². The summed E-state index contributed by atoms with van der Waals surface area (Å²) in [6.07, 6.45) is 0.889. The van der Waals surface area contributed by atoms with E-state index in [0.717, 1.165) is 16.7 Å². The third-order valence-corrected chi connectivity index (χ3v) is 4.87. The van der Waals surface area contributed by atoms with Crippen molar-refractivity contribution in [1.29, 1.82) is 0 Å². The van der Waals surface area contributed by atoms with E-state index in [9.17, 15) is 19.7 Å². The fourth-order valence-corrected chi connectivity index (χ4v) is 3.15. The number of fused-ring (bicyclic) bond motifs is 1. The minimum Gasteiger partial charge on any atom is -0.312 e. The first kappa shape index (κ1) is 17.8. The minimum absolute atomic E-state index is 0.0327. The lowest BCUT2D eigenvalue weighted by Gasteiger charge is -2.17. The average Bonchev–Trinajstić information content (AvgIpc) is 3.04. The zero-order valence-corrected chi connectivity index (χ0v) is 14.8. The Morgan fingerprint density at radius 3 is 2.54 bits per heavy atom. The molecule has 0 saturated carbocycles. The van der Waals surface area contributed by atoms with Crippen LogP contribution in [0.25, 0.3) is 0 Å². The molecule has 3 rings (SSSR count). The Bertz CT molecular complexity index is 905. The number of carbonyl (C=O) groups is 2. The molecule has 0 spiro atoms. The number of ketones is 1. The van der Waals surface area contributed by atoms with Crippen molar-refractivity contribution < 1.29 is 14.5 Å². The third kappa shape index (κ3) is 3.49. The Labute approximate surface area is 151 Å². The van der Waals surface area contributed by atoms with Gasteiger partial charge in [0.05, 0.1) is 10.6 Å². The fraction of sp³-hybridized carbons (Fsp3) is 0.300. The number of Topliss-reactive ketones (excluding diaryl/α,β-unsaturated/α-hetero) is 1. The second kappa shape index (κ2) is 7.07. The van der Waals surface area contributed by atoms with Crippen LogP contribution in [0, 0.1) is 24.0 Å². The number of hydrogen-bond donors (Lipinski definition) is 0. The van der Waals surface area contributed by atoms with Gasteiger partial charge in [-0.2, -0.15) is 0 Å². The van der Waals surface area contributed by atoms with Gasteiger partial charge in [0.15, 0.2) is 5.78 Å². The van der Waals surface area contributed by atoms with E-state index in [1.807, 2.05) is 26.0 Å². The summed E-state index contributed by atoms with van der Waals surface area (Å²) >= 11 is 0. The van der Waals surface area contributed by atoms with Crippen LogP contribution in [-0.2, 0) is 11.2 Å². The van der Waals surface area contributed by atoms with Crippen LogP contribution in [0.1, 0.15) is 39.9 Å². The van der Waals surface area contributed by atoms with Crippen molar-refractivity contribution in [3.05, 3.63) is 68.8 Å². The number of benzene rings is 2. The van der Waals surface area contributed by atoms with Gasteiger partial charge in [-0.25, -0.2) is 0 Å². The molecule has 0 atom stereocenters. The van der Waals surface area contributed by atoms with Crippen LogP contribution in [0.3, 0.4) is 0 Å². The van der Waals surface area contributed by atoms with Crippen LogP contribution in [0.5, 0.6) is 0 Å². The predicted octanol–water partition coefficient (Wildman–Crippen LogP) is 3.76. The summed E-state index contributed by atoms with van der Waals surface area (Å²) in [5.74, 6) is -0.249. The number of anilines is 1. The van der Waals surface area contributed by atoms with E-state index >= 15 is 0 Å². The lowest BCUT2D eigenvalue weighted by Crippen LogP contribution is -2.29. The van der Waals surface area contributed by atoms with Crippen molar-refractivity contribution in [1.82, 2.24) is 0 Å². The number of nitro groups is 1. The van der Waals surface area contributed by atoms with Crippen molar-refractivity contribution in [2.45, 2.75) is 33.1 Å². The van der Waals surface area contributed by atoms with Gasteiger partial charge in [0.1, 0.15) is 0 Å². The van der Waals surface area contributed by atoms with E-state index in [0.29, 0.717) is 24.2 Å². The predicted molar refractivity (Wildman–Crippen MR) is 98.6 cm³/mol. The molecule has 0 radical (unpaired) electrons. The Hall–Kier alpha value is -3.02. The normalized spacial score (nSPS) is 12.8. The van der Waals surface area contributed by atoms with Gasteiger partial charge in [-0.1, -0.05) is 18.2 Å². The third-order valence-electron chi connectivity index (χ3n) is 4.87. The Morgan fingerprint density at radius 2 is 1.85 bits per heavy atom. The second-order valence-corrected chi connectivity index (χ2v) is 6.59. The van der Waals surface area contributed by atoms with Crippen LogP contribution in [0.4, 0.5) is 11.4 Å². The van der Waals surface area contributed by atoms with Crippen LogP contribution in [0.15, 0.2) is 36.4 Å². The molecule has 0 N–H and O–H groups in total. The lowest BCUT2D eigenvalue weighted by atomic mass is 10.0. The van der Waals surface area contributed by atoms with E-state index in [2.05, 4.69) is 0 Å². The van der Waals surface area contributed by atoms with Gasteiger partial charge in [-0.3, -0.25) is 19.7 Å². The fourth-order valence-electron chi connectivity index (χ4n) is 3.15. The average molecular weight is 352 g/mol. The molecule has 1 amide bonds. The molecule has 6 heteroatoms. The van der Waals surface area contributed by atoms with E-state index in [-0.39, 0.29) is 30.2 Å². The number of nitrogens with zero attached hydrogens (tertiary/aromatic N) is 2. The first-order valence-electron chi connectivity index (χ1n) is 8.55. The molecule has 26 heavy (non-hydrogen) atoms. The summed E-state index contributed by atoms with van der Waals surface area (Å²) < 4.78 is 0. The largest absolute Gasteiger partial charge is 0.312 e. The molecule has 0 aromatic heterocycles. The number of carbonyl (C=O) groups excluding carboxylic acids is 2. The zero-order valence-electron chi connectivity index (χ0n) is 14.8. The molecule has 6 nitrogen and oxygen atoms in total. The standard InChI is InChI=1S/C20H20N2O4/c1-13-3-4-16(11-14(13)2)19(23)7-8-20(24)21-10-9-15-5-6-17(22(25)26)12-18(15)21/h3-6,11-12H,7-10H2,1-2H3. The zero-order chi connectivity index (χ0) is 18.8. The van der Waals surface area contributed by atoms with Gasteiger partial charge in [0.25, 0.3) is 5.69 Å². The molecule has 0 unspecified atom stereocenters. The van der Waals surface area contributed by atoms with Crippen molar-refractivity contribution in [3.63, 3.8) is 0 Å². The van der Waals surface area contributed by atoms with Gasteiger partial charge >= 0.3 is 0 Å². The number of nitro benzene ring substituents is 1. The maximum Gasteiger partial charge on any atom is 0.271 e. The quantitative estimate of drug-likeness (QED) is 0.466. The van der Waals surface area contributed by atoms with Crippen molar-refractivity contribution in [3.8, 4) is 0 Å². The topological polar surface area (TPSA) is 80.5 Å². The Morgan fingerprint density at radius 1 is 1.08 bits per heavy atom. The molecule has 1 aliphatic rings. The first-order valence-corrected chi connectivity index (χ1v) is 8.55. The SMILES string of the molecule is Cc1ccc(C(=O)CCC(=O)N2CCc3ccc([N+](=O)[O-])cc32)cc1C. The summed E-state index contributed by atoms with van der Waals surface area (Å²) in [4.78, 5) is 36.9. The summed E-state index contributed by atoms with van der Waals surface area (Å²) in [6.45, 7) is 4.43. The highest BCUT2D eigenvalue weighted by Crippen LogP contribution is 2.32. The minimum atomic E-state index is -0.468. The molecule has 2 aromatic rings. The number of non-ortho nitro benzene ring substituents is 1.